The lowest BCUT2D eigenvalue weighted by Crippen LogP contribution is -2.55. The van der Waals surface area contributed by atoms with Crippen molar-refractivity contribution in [2.45, 2.75) is 109 Å². The molecule has 5 rings (SSSR count). The number of rotatable bonds is 7. The van der Waals surface area contributed by atoms with E-state index in [2.05, 4.69) is 18.8 Å². The van der Waals surface area contributed by atoms with Crippen LogP contribution >= 0.6 is 12.2 Å². The minimum atomic E-state index is -4.83. The maximum Gasteiger partial charge on any atom is 0.419 e. The summed E-state index contributed by atoms with van der Waals surface area (Å²) in [4.78, 5) is 35.0. The highest BCUT2D eigenvalue weighted by molar-refractivity contribution is 7.81. The molecule has 2 amide bonds. The fourth-order valence-corrected chi connectivity index (χ4v) is 7.45. The van der Waals surface area contributed by atoms with Crippen LogP contribution in [0.1, 0.15) is 96.9 Å². The van der Waals surface area contributed by atoms with E-state index < -0.39 is 34.5 Å². The molecule has 48 heavy (non-hydrogen) atoms. The zero-order chi connectivity index (χ0) is 35.2. The summed E-state index contributed by atoms with van der Waals surface area (Å²) >= 11 is 5.77. The highest BCUT2D eigenvalue weighted by Crippen LogP contribution is 2.49. The third-order valence-electron chi connectivity index (χ3n) is 9.50. The Labute approximate surface area is 285 Å². The summed E-state index contributed by atoms with van der Waals surface area (Å²) in [5.74, 6) is 0.682. The van der Waals surface area contributed by atoms with Crippen LogP contribution in [0.15, 0.2) is 30.5 Å². The van der Waals surface area contributed by atoms with Crippen LogP contribution in [0.3, 0.4) is 0 Å². The topological polar surface area (TPSA) is 99.0 Å². The van der Waals surface area contributed by atoms with Gasteiger partial charge in [0.15, 0.2) is 10.8 Å². The second-order valence-corrected chi connectivity index (χ2v) is 14.8. The van der Waals surface area contributed by atoms with Gasteiger partial charge >= 0.3 is 12.3 Å². The van der Waals surface area contributed by atoms with Crippen molar-refractivity contribution in [3.05, 3.63) is 47.3 Å². The fourth-order valence-electron chi connectivity index (χ4n) is 6.98. The summed E-state index contributed by atoms with van der Waals surface area (Å²) in [5, 5.41) is 9.25. The van der Waals surface area contributed by atoms with Crippen LogP contribution in [0.2, 0.25) is 0 Å². The number of carbonyl (C=O) groups is 2. The van der Waals surface area contributed by atoms with Crippen molar-refractivity contribution in [1.29, 1.82) is 5.26 Å². The van der Waals surface area contributed by atoms with Crippen molar-refractivity contribution < 1.29 is 32.2 Å². The predicted octanol–water partition coefficient (Wildman–Crippen LogP) is 7.79. The van der Waals surface area contributed by atoms with Gasteiger partial charge in [0.1, 0.15) is 23.0 Å². The summed E-state index contributed by atoms with van der Waals surface area (Å²) < 4.78 is 53.1. The van der Waals surface area contributed by atoms with Gasteiger partial charge in [-0.25, -0.2) is 9.78 Å². The minimum Gasteiger partial charge on any atom is -0.493 e. The van der Waals surface area contributed by atoms with Crippen LogP contribution in [-0.4, -0.2) is 56.8 Å². The molecule has 13 heteroatoms. The van der Waals surface area contributed by atoms with Crippen LogP contribution < -0.4 is 14.5 Å². The standard InChI is InChI=1S/C35H42F3N5O4S/c1-7-23-17-24(9-10-28(23)46-16-12-22-11-15-41(33(5,6)19-22)31(45)47-32(2,3)4)43-30(48)42(29(44)34(43)13-8-14-34)25-18-26(35(36,37)38)27(20-39)40-21-25/h9-10,17-18,21-22H,7-8,11-16,19H2,1-6H3/t22-/m1/s1. The number of halogens is 3. The first kappa shape index (κ1) is 35.4. The first-order chi connectivity index (χ1) is 22.4. The molecular weight excluding hydrogens is 643 g/mol. The predicted molar refractivity (Wildman–Crippen MR) is 179 cm³/mol. The van der Waals surface area contributed by atoms with Crippen LogP contribution in [0.4, 0.5) is 29.3 Å². The molecule has 1 saturated carbocycles. The van der Waals surface area contributed by atoms with Crippen molar-refractivity contribution in [3.8, 4) is 11.8 Å². The van der Waals surface area contributed by atoms with Crippen LogP contribution in [0, 0.1) is 17.2 Å². The number of benzene rings is 1. The van der Waals surface area contributed by atoms with E-state index in [9.17, 15) is 28.0 Å². The number of aryl methyl sites for hydroxylation is 1. The van der Waals surface area contributed by atoms with Crippen LogP contribution in [0.5, 0.6) is 5.75 Å². The molecule has 3 heterocycles. The molecule has 2 saturated heterocycles. The zero-order valence-corrected chi connectivity index (χ0v) is 29.1. The molecule has 3 fully saturated rings. The quantitative estimate of drug-likeness (QED) is 0.273. The summed E-state index contributed by atoms with van der Waals surface area (Å²) in [6, 6.07) is 7.86. The number of carbonyl (C=O) groups excluding carboxylic acids is 2. The van der Waals surface area contributed by atoms with Crippen molar-refractivity contribution >= 4 is 40.7 Å². The Morgan fingerprint density at radius 2 is 1.88 bits per heavy atom. The molecule has 1 atom stereocenters. The highest BCUT2D eigenvalue weighted by Gasteiger charge is 2.60. The third-order valence-corrected chi connectivity index (χ3v) is 9.86. The van der Waals surface area contributed by atoms with Gasteiger partial charge in [-0.05, 0) is 128 Å². The van der Waals surface area contributed by atoms with E-state index in [1.54, 1.807) is 4.90 Å². The number of likely N-dealkylation sites (tertiary alicyclic amines) is 1. The normalized spacial score (nSPS) is 20.5. The van der Waals surface area contributed by atoms with Gasteiger partial charge in [-0.1, -0.05) is 6.92 Å². The van der Waals surface area contributed by atoms with Gasteiger partial charge in [-0.3, -0.25) is 9.69 Å². The number of thiocarbonyl (C=S) groups is 1. The molecule has 1 aromatic heterocycles. The summed E-state index contributed by atoms with van der Waals surface area (Å²) in [6.45, 7) is 12.8. The first-order valence-corrected chi connectivity index (χ1v) is 16.7. The largest absolute Gasteiger partial charge is 0.493 e. The highest BCUT2D eigenvalue weighted by atomic mass is 32.1. The van der Waals surface area contributed by atoms with Gasteiger partial charge in [-0.2, -0.15) is 18.4 Å². The molecule has 1 aliphatic carbocycles. The second kappa shape index (κ2) is 12.8. The van der Waals surface area contributed by atoms with Crippen LogP contribution in [0.25, 0.3) is 0 Å². The number of hydrogen-bond donors (Lipinski definition) is 0. The van der Waals surface area contributed by atoms with Crippen LogP contribution in [-0.2, 0) is 22.1 Å². The number of aromatic nitrogens is 1. The molecule has 1 aromatic carbocycles. The second-order valence-electron chi connectivity index (χ2n) is 14.4. The number of hydrogen-bond acceptors (Lipinski definition) is 7. The molecule has 258 valence electrons. The molecule has 0 unspecified atom stereocenters. The maximum absolute atomic E-state index is 13.9. The smallest absolute Gasteiger partial charge is 0.419 e. The van der Waals surface area contributed by atoms with E-state index in [1.807, 2.05) is 50.8 Å². The van der Waals surface area contributed by atoms with Gasteiger partial charge in [0.25, 0.3) is 5.91 Å². The summed E-state index contributed by atoms with van der Waals surface area (Å²) in [5.41, 5.74) is -2.44. The fraction of sp³-hybridized carbons (Fsp3) is 0.571. The number of pyridine rings is 1. The Hall–Kier alpha value is -3.92. The van der Waals surface area contributed by atoms with Gasteiger partial charge in [-0.15, -0.1) is 0 Å². The molecule has 0 bridgehead atoms. The number of ether oxygens (including phenoxy) is 2. The Balaban J connectivity index is 1.30. The minimum absolute atomic E-state index is 0.0652. The molecule has 2 aromatic rings. The van der Waals surface area contributed by atoms with E-state index in [1.165, 1.54) is 6.07 Å². The van der Waals surface area contributed by atoms with Crippen molar-refractivity contribution in [1.82, 2.24) is 9.88 Å². The molecule has 2 aliphatic heterocycles. The summed E-state index contributed by atoms with van der Waals surface area (Å²) in [7, 11) is 0. The molecule has 9 nitrogen and oxygen atoms in total. The lowest BCUT2D eigenvalue weighted by atomic mass is 9.75. The van der Waals surface area contributed by atoms with Gasteiger partial charge in [0.05, 0.1) is 24.1 Å². The van der Waals surface area contributed by atoms with E-state index in [-0.39, 0.29) is 22.4 Å². The average molecular weight is 686 g/mol. The lowest BCUT2D eigenvalue weighted by Gasteiger charge is -2.45. The van der Waals surface area contributed by atoms with Gasteiger partial charge < -0.3 is 19.3 Å². The van der Waals surface area contributed by atoms with Gasteiger partial charge in [0.2, 0.25) is 0 Å². The van der Waals surface area contributed by atoms with Gasteiger partial charge in [0, 0.05) is 17.8 Å². The Kier molecular flexibility index (Phi) is 9.47. The number of alkyl halides is 3. The molecule has 1 spiro atoms. The van der Waals surface area contributed by atoms with E-state index in [0.29, 0.717) is 49.8 Å². The molecule has 3 aliphatic rings. The number of nitriles is 1. The summed E-state index contributed by atoms with van der Waals surface area (Å²) in [6.07, 6.45) is 0.881. The SMILES string of the molecule is CCc1cc(N2C(=S)N(c3cnc(C#N)c(C(F)(F)F)c3)C(=O)C23CCC3)ccc1OCC[C@H]1CCN(C(=O)OC(C)(C)C)C(C)(C)C1. The number of nitrogens with zero attached hydrogens (tertiary/aromatic N) is 5. The Bertz CT molecular complexity index is 1640. The van der Waals surface area contributed by atoms with Crippen molar-refractivity contribution in [3.63, 3.8) is 0 Å². The Morgan fingerprint density at radius 1 is 1.17 bits per heavy atom. The van der Waals surface area contributed by atoms with E-state index in [0.717, 1.165) is 48.4 Å². The zero-order valence-electron chi connectivity index (χ0n) is 28.2. The molecule has 0 radical (unpaired) electrons. The number of amides is 2. The molecular formula is C35H42F3N5O4S. The van der Waals surface area contributed by atoms with Crippen molar-refractivity contribution in [2.24, 2.45) is 5.92 Å². The van der Waals surface area contributed by atoms with E-state index in [4.69, 9.17) is 21.7 Å². The van der Waals surface area contributed by atoms with Crippen molar-refractivity contribution in [2.75, 3.05) is 23.0 Å². The lowest BCUT2D eigenvalue weighted by molar-refractivity contribution is -0.138. The molecule has 0 N–H and O–H groups in total. The monoisotopic (exact) mass is 685 g/mol. The number of piperidine rings is 1. The Morgan fingerprint density at radius 3 is 2.44 bits per heavy atom. The third kappa shape index (κ3) is 6.68. The maximum atomic E-state index is 13.9. The number of anilines is 2. The average Bonchev–Trinajstić information content (AvgIpc) is 3.21. The first-order valence-electron chi connectivity index (χ1n) is 16.3. The van der Waals surface area contributed by atoms with E-state index >= 15 is 0 Å².